The fourth-order valence-electron chi connectivity index (χ4n) is 1.96. The van der Waals surface area contributed by atoms with Crippen molar-refractivity contribution in [3.05, 3.63) is 3.92 Å². The van der Waals surface area contributed by atoms with E-state index >= 15 is 0 Å². The van der Waals surface area contributed by atoms with Gasteiger partial charge in [0.1, 0.15) is 0 Å². The monoisotopic (exact) mass is 291 g/mol. The first-order valence-electron chi connectivity index (χ1n) is 5.04. The van der Waals surface area contributed by atoms with Crippen molar-refractivity contribution in [1.82, 2.24) is 10.2 Å². The highest BCUT2D eigenvalue weighted by atomic mass is 79.9. The van der Waals surface area contributed by atoms with Gasteiger partial charge in [0.25, 0.3) is 0 Å². The van der Waals surface area contributed by atoms with Gasteiger partial charge in [0.2, 0.25) is 5.13 Å². The number of nitrogens with zero attached hydrogens (tertiary/aromatic N) is 2. The minimum Gasteiger partial charge on any atom is -0.375 e. The largest absolute Gasteiger partial charge is 0.375 e. The summed E-state index contributed by atoms with van der Waals surface area (Å²) in [7, 11) is 0. The molecule has 0 aromatic carbocycles. The number of hydrogen-bond acceptors (Lipinski definition) is 5. The van der Waals surface area contributed by atoms with E-state index in [0.717, 1.165) is 21.9 Å². The number of ether oxygens (including phenoxy) is 1. The summed E-state index contributed by atoms with van der Waals surface area (Å²) in [5.41, 5.74) is 0. The fourth-order valence-corrected chi connectivity index (χ4v) is 3.05. The number of aromatic nitrogens is 2. The van der Waals surface area contributed by atoms with Crippen molar-refractivity contribution in [1.29, 1.82) is 0 Å². The van der Waals surface area contributed by atoms with Crippen LogP contribution in [0.15, 0.2) is 3.92 Å². The Labute approximate surface area is 102 Å². The van der Waals surface area contributed by atoms with Crippen LogP contribution >= 0.6 is 27.3 Å². The molecule has 0 radical (unpaired) electrons. The van der Waals surface area contributed by atoms with Gasteiger partial charge in [-0.3, -0.25) is 0 Å². The lowest BCUT2D eigenvalue weighted by molar-refractivity contribution is -0.0337. The van der Waals surface area contributed by atoms with Crippen LogP contribution in [0.2, 0.25) is 0 Å². The van der Waals surface area contributed by atoms with Crippen molar-refractivity contribution in [2.24, 2.45) is 0 Å². The van der Waals surface area contributed by atoms with Gasteiger partial charge in [-0.05, 0) is 42.6 Å². The van der Waals surface area contributed by atoms with Crippen molar-refractivity contribution in [3.63, 3.8) is 0 Å². The molecule has 84 valence electrons. The van der Waals surface area contributed by atoms with Gasteiger partial charge in [-0.25, -0.2) is 0 Å². The molecule has 15 heavy (non-hydrogen) atoms. The first kappa shape index (κ1) is 11.3. The Morgan fingerprint density at radius 2 is 2.00 bits per heavy atom. The molecule has 0 aliphatic carbocycles. The second-order valence-electron chi connectivity index (χ2n) is 3.93. The van der Waals surface area contributed by atoms with Crippen LogP contribution in [-0.2, 0) is 4.74 Å². The predicted molar refractivity (Wildman–Crippen MR) is 64.3 cm³/mol. The molecule has 1 aliphatic heterocycles. The SMILES string of the molecule is CC1CC(Nc2nnc(Br)s2)CC(C)O1. The average molecular weight is 292 g/mol. The summed E-state index contributed by atoms with van der Waals surface area (Å²) in [6, 6.07) is 0.448. The first-order chi connectivity index (χ1) is 7.13. The molecule has 0 saturated carbocycles. The van der Waals surface area contributed by atoms with E-state index < -0.39 is 0 Å². The smallest absolute Gasteiger partial charge is 0.206 e. The van der Waals surface area contributed by atoms with Crippen molar-refractivity contribution in [2.45, 2.75) is 44.9 Å². The zero-order valence-corrected chi connectivity index (χ0v) is 11.1. The summed E-state index contributed by atoms with van der Waals surface area (Å²) in [5, 5.41) is 12.2. The molecule has 1 fully saturated rings. The minimum atomic E-state index is 0.322. The maximum absolute atomic E-state index is 5.68. The molecule has 6 heteroatoms. The lowest BCUT2D eigenvalue weighted by Gasteiger charge is -2.32. The van der Waals surface area contributed by atoms with Crippen LogP contribution in [0.5, 0.6) is 0 Å². The second-order valence-corrected chi connectivity index (χ2v) is 6.18. The molecule has 1 aromatic rings. The summed E-state index contributed by atoms with van der Waals surface area (Å²) >= 11 is 4.83. The van der Waals surface area contributed by atoms with Crippen molar-refractivity contribution < 1.29 is 4.74 Å². The highest BCUT2D eigenvalue weighted by Crippen LogP contribution is 2.25. The topological polar surface area (TPSA) is 47.0 Å². The standard InChI is InChI=1S/C9H14BrN3OS/c1-5-3-7(4-6(2)14-5)11-9-13-12-8(10)15-9/h5-7H,3-4H2,1-2H3,(H,11,13). The predicted octanol–water partition coefficient (Wildman–Crippen LogP) is 2.67. The second kappa shape index (κ2) is 4.76. The lowest BCUT2D eigenvalue weighted by Crippen LogP contribution is -2.36. The van der Waals surface area contributed by atoms with Gasteiger partial charge in [-0.1, -0.05) is 11.3 Å². The van der Waals surface area contributed by atoms with Gasteiger partial charge in [0, 0.05) is 6.04 Å². The molecule has 2 rings (SSSR count). The van der Waals surface area contributed by atoms with Crippen LogP contribution < -0.4 is 5.32 Å². The molecule has 1 aliphatic rings. The van der Waals surface area contributed by atoms with Gasteiger partial charge in [0.15, 0.2) is 3.92 Å². The van der Waals surface area contributed by atoms with Crippen molar-refractivity contribution in [2.75, 3.05) is 5.32 Å². The third-order valence-corrected chi connectivity index (χ3v) is 3.71. The number of hydrogen-bond donors (Lipinski definition) is 1. The molecule has 0 amide bonds. The Morgan fingerprint density at radius 1 is 1.33 bits per heavy atom. The van der Waals surface area contributed by atoms with Crippen LogP contribution in [0.4, 0.5) is 5.13 Å². The molecule has 1 saturated heterocycles. The van der Waals surface area contributed by atoms with Gasteiger partial charge in [-0.2, -0.15) is 0 Å². The van der Waals surface area contributed by atoms with E-state index in [2.05, 4.69) is 45.3 Å². The zero-order chi connectivity index (χ0) is 10.8. The van der Waals surface area contributed by atoms with Gasteiger partial charge >= 0.3 is 0 Å². The average Bonchev–Trinajstić information content (AvgIpc) is 2.49. The van der Waals surface area contributed by atoms with E-state index in [9.17, 15) is 0 Å². The Bertz CT molecular complexity index is 323. The molecule has 4 nitrogen and oxygen atoms in total. The Morgan fingerprint density at radius 3 is 2.53 bits per heavy atom. The molecule has 1 N–H and O–H groups in total. The van der Waals surface area contributed by atoms with Gasteiger partial charge in [0.05, 0.1) is 12.2 Å². The van der Waals surface area contributed by atoms with Gasteiger partial charge < -0.3 is 10.1 Å². The van der Waals surface area contributed by atoms with Crippen molar-refractivity contribution in [3.8, 4) is 0 Å². The fraction of sp³-hybridized carbons (Fsp3) is 0.778. The van der Waals surface area contributed by atoms with E-state index in [1.54, 1.807) is 0 Å². The highest BCUT2D eigenvalue weighted by molar-refractivity contribution is 9.11. The number of rotatable bonds is 2. The van der Waals surface area contributed by atoms with Crippen molar-refractivity contribution >= 4 is 32.4 Å². The third-order valence-electron chi connectivity index (χ3n) is 2.43. The summed E-state index contributed by atoms with van der Waals surface area (Å²) < 4.78 is 6.50. The van der Waals surface area contributed by atoms with Crippen LogP contribution in [-0.4, -0.2) is 28.4 Å². The molecule has 0 spiro atoms. The highest BCUT2D eigenvalue weighted by Gasteiger charge is 2.24. The summed E-state index contributed by atoms with van der Waals surface area (Å²) in [6.07, 6.45) is 2.70. The summed E-state index contributed by atoms with van der Waals surface area (Å²) in [6.45, 7) is 4.22. The Hall–Kier alpha value is -0.200. The van der Waals surface area contributed by atoms with Crippen LogP contribution in [0.3, 0.4) is 0 Å². The summed E-state index contributed by atoms with van der Waals surface area (Å²) in [4.78, 5) is 0. The lowest BCUT2D eigenvalue weighted by atomic mass is 10.0. The maximum atomic E-state index is 5.68. The zero-order valence-electron chi connectivity index (χ0n) is 8.74. The third kappa shape index (κ3) is 3.12. The molecular formula is C9H14BrN3OS. The van der Waals surface area contributed by atoms with E-state index in [0.29, 0.717) is 18.2 Å². The van der Waals surface area contributed by atoms with Crippen LogP contribution in [0, 0.1) is 0 Å². The van der Waals surface area contributed by atoms with E-state index in [1.165, 1.54) is 11.3 Å². The van der Waals surface area contributed by atoms with E-state index in [4.69, 9.17) is 4.74 Å². The maximum Gasteiger partial charge on any atom is 0.206 e. The molecule has 2 unspecified atom stereocenters. The normalized spacial score (nSPS) is 31.5. The van der Waals surface area contributed by atoms with E-state index in [-0.39, 0.29) is 0 Å². The van der Waals surface area contributed by atoms with E-state index in [1.807, 2.05) is 0 Å². The molecule has 2 heterocycles. The van der Waals surface area contributed by atoms with Gasteiger partial charge in [-0.15, -0.1) is 10.2 Å². The Kier molecular flexibility index (Phi) is 3.58. The number of halogens is 1. The quantitative estimate of drug-likeness (QED) is 0.910. The number of anilines is 1. The van der Waals surface area contributed by atoms with Crippen LogP contribution in [0.1, 0.15) is 26.7 Å². The molecular weight excluding hydrogens is 278 g/mol. The number of nitrogens with one attached hydrogen (secondary N) is 1. The summed E-state index contributed by atoms with van der Waals surface area (Å²) in [5.74, 6) is 0. The molecule has 0 bridgehead atoms. The molecule has 1 aromatic heterocycles. The first-order valence-corrected chi connectivity index (χ1v) is 6.65. The molecule has 2 atom stereocenters. The Balaban J connectivity index is 1.94. The van der Waals surface area contributed by atoms with Crippen LogP contribution in [0.25, 0.3) is 0 Å². The minimum absolute atomic E-state index is 0.322.